The molecule has 0 saturated carbocycles. The van der Waals surface area contributed by atoms with Crippen LogP contribution in [-0.4, -0.2) is 38.3 Å². The second-order valence-corrected chi connectivity index (χ2v) is 7.22. The van der Waals surface area contributed by atoms with E-state index in [-0.39, 0.29) is 17.1 Å². The van der Waals surface area contributed by atoms with Gasteiger partial charge in [0.1, 0.15) is 5.75 Å². The summed E-state index contributed by atoms with van der Waals surface area (Å²) in [6, 6.07) is 7.48. The highest BCUT2D eigenvalue weighted by atomic mass is 16.5. The van der Waals surface area contributed by atoms with E-state index < -0.39 is 23.8 Å². The van der Waals surface area contributed by atoms with Gasteiger partial charge in [-0.3, -0.25) is 13.9 Å². The van der Waals surface area contributed by atoms with Gasteiger partial charge < -0.3 is 24.1 Å². The number of carbonyl (C=O) groups is 1. The number of fused-ring (bicyclic) bond motifs is 3. The number of nitrogens with zero attached hydrogens (tertiary/aromatic N) is 5. The summed E-state index contributed by atoms with van der Waals surface area (Å²) in [5, 5.41) is 11.0. The second kappa shape index (κ2) is 6.80. The van der Waals surface area contributed by atoms with Gasteiger partial charge in [0.15, 0.2) is 11.2 Å². The van der Waals surface area contributed by atoms with Gasteiger partial charge in [0.2, 0.25) is 5.95 Å². The van der Waals surface area contributed by atoms with Crippen molar-refractivity contribution >= 4 is 28.8 Å². The lowest BCUT2D eigenvalue weighted by atomic mass is 10.1. The zero-order valence-corrected chi connectivity index (χ0v) is 16.3. The van der Waals surface area contributed by atoms with E-state index in [0.29, 0.717) is 29.4 Å². The van der Waals surface area contributed by atoms with Gasteiger partial charge in [-0.05, 0) is 18.1 Å². The molecule has 3 aromatic rings. The van der Waals surface area contributed by atoms with Gasteiger partial charge in [-0.15, -0.1) is 0 Å². The molecule has 1 atom stereocenters. The topological polar surface area (TPSA) is 114 Å². The Morgan fingerprint density at radius 2 is 2.07 bits per heavy atom. The number of anilines is 2. The number of carboxylic acids is 1. The van der Waals surface area contributed by atoms with Crippen molar-refractivity contribution in [3.63, 3.8) is 0 Å². The summed E-state index contributed by atoms with van der Waals surface area (Å²) < 4.78 is 8.92. The smallest absolute Gasteiger partial charge is 0.332 e. The van der Waals surface area contributed by atoms with Crippen molar-refractivity contribution in [2.24, 2.45) is 13.0 Å². The molecule has 0 bridgehead atoms. The van der Waals surface area contributed by atoms with Crippen molar-refractivity contribution in [2.45, 2.75) is 20.0 Å². The fraction of sp³-hybridized carbons (Fsp3) is 0.368. The van der Waals surface area contributed by atoms with Crippen LogP contribution in [0.2, 0.25) is 0 Å². The van der Waals surface area contributed by atoms with Gasteiger partial charge in [-0.25, -0.2) is 4.79 Å². The molecular weight excluding hydrogens is 378 g/mol. The average molecular weight is 398 g/mol. The molecule has 0 fully saturated rings. The quantitative estimate of drug-likeness (QED) is 0.579. The third-order valence-electron chi connectivity index (χ3n) is 5.09. The molecule has 0 unspecified atom stereocenters. The van der Waals surface area contributed by atoms with E-state index in [1.165, 1.54) is 11.6 Å². The Balaban J connectivity index is 1.99. The van der Waals surface area contributed by atoms with Crippen LogP contribution in [0, 0.1) is 5.92 Å². The normalized spacial score (nSPS) is 16.1. The fourth-order valence-electron chi connectivity index (χ4n) is 3.77. The van der Waals surface area contributed by atoms with Crippen LogP contribution in [0.25, 0.3) is 11.2 Å². The van der Waals surface area contributed by atoms with Crippen molar-refractivity contribution in [3.8, 4) is 5.75 Å². The molecule has 0 N–H and O–H groups in total. The lowest BCUT2D eigenvalue weighted by molar-refractivity contribution is -0.306. The van der Waals surface area contributed by atoms with Crippen LogP contribution in [0.1, 0.15) is 6.92 Å². The number of methoxy groups -OCH3 is 1. The lowest BCUT2D eigenvalue weighted by Gasteiger charge is -2.33. The number of benzene rings is 1. The van der Waals surface area contributed by atoms with Crippen molar-refractivity contribution in [1.82, 2.24) is 18.7 Å². The van der Waals surface area contributed by atoms with Crippen LogP contribution in [-0.2, 0) is 24.9 Å². The maximum atomic E-state index is 13.0. The third-order valence-corrected chi connectivity index (χ3v) is 5.09. The minimum atomic E-state index is -1.51. The van der Waals surface area contributed by atoms with Crippen LogP contribution in [0.15, 0.2) is 33.9 Å². The molecule has 0 amide bonds. The molecule has 1 aliphatic rings. The highest BCUT2D eigenvalue weighted by Gasteiger charge is 2.30. The fourth-order valence-corrected chi connectivity index (χ4v) is 3.77. The van der Waals surface area contributed by atoms with Crippen LogP contribution in [0.3, 0.4) is 0 Å². The zero-order valence-electron chi connectivity index (χ0n) is 16.3. The molecule has 1 aromatic carbocycles. The Morgan fingerprint density at radius 1 is 1.31 bits per heavy atom. The van der Waals surface area contributed by atoms with Gasteiger partial charge in [0.05, 0.1) is 19.6 Å². The Labute approximate surface area is 165 Å². The molecule has 1 aliphatic heterocycles. The number of ether oxygens (including phenoxy) is 1. The Hall–Kier alpha value is -3.56. The summed E-state index contributed by atoms with van der Waals surface area (Å²) in [7, 11) is 3.05. The van der Waals surface area contributed by atoms with Crippen molar-refractivity contribution in [1.29, 1.82) is 0 Å². The molecular formula is C19H20N5O5-. The predicted molar refractivity (Wildman–Crippen MR) is 103 cm³/mol. The zero-order chi connectivity index (χ0) is 20.9. The van der Waals surface area contributed by atoms with Crippen LogP contribution < -0.4 is 26.0 Å². The molecule has 10 heteroatoms. The highest BCUT2D eigenvalue weighted by Crippen LogP contribution is 2.34. The maximum absolute atomic E-state index is 13.0. The molecule has 3 heterocycles. The first kappa shape index (κ1) is 18.8. The number of aliphatic carboxylic acids is 1. The molecule has 2 aromatic heterocycles. The number of aromatic nitrogens is 4. The number of hydrogen-bond donors (Lipinski definition) is 0. The van der Waals surface area contributed by atoms with Gasteiger partial charge in [0.25, 0.3) is 5.56 Å². The Bertz CT molecular complexity index is 1240. The Kier molecular flexibility index (Phi) is 4.40. The Morgan fingerprint density at radius 3 is 2.76 bits per heavy atom. The van der Waals surface area contributed by atoms with E-state index in [1.807, 2.05) is 36.1 Å². The lowest BCUT2D eigenvalue weighted by Crippen LogP contribution is -2.44. The summed E-state index contributed by atoms with van der Waals surface area (Å²) in [5.74, 6) is -0.123. The molecule has 10 nitrogen and oxygen atoms in total. The minimum absolute atomic E-state index is 0.178. The number of aryl methyl sites for hydroxylation is 1. The molecule has 152 valence electrons. The maximum Gasteiger partial charge on any atom is 0.332 e. The highest BCUT2D eigenvalue weighted by molar-refractivity contribution is 5.77. The van der Waals surface area contributed by atoms with E-state index in [4.69, 9.17) is 4.74 Å². The SMILES string of the molecule is COc1cccc(N2C[C@H](C)Cn3c2nc2c3c(=O)n(CC(=O)[O-])c(=O)n2C)c1. The second-order valence-electron chi connectivity index (χ2n) is 7.22. The molecule has 4 rings (SSSR count). The number of carboxylic acid groups (broad SMARTS) is 1. The molecule has 0 radical (unpaired) electrons. The third kappa shape index (κ3) is 2.96. The van der Waals surface area contributed by atoms with E-state index in [9.17, 15) is 19.5 Å². The first-order valence-corrected chi connectivity index (χ1v) is 9.13. The summed E-state index contributed by atoms with van der Waals surface area (Å²) in [6.45, 7) is 2.42. The summed E-state index contributed by atoms with van der Waals surface area (Å²) in [4.78, 5) is 43.1. The van der Waals surface area contributed by atoms with Crippen molar-refractivity contribution in [2.75, 3.05) is 18.6 Å². The number of imidazole rings is 1. The first-order valence-electron chi connectivity index (χ1n) is 9.13. The minimum Gasteiger partial charge on any atom is -0.548 e. The van der Waals surface area contributed by atoms with Crippen molar-refractivity contribution in [3.05, 3.63) is 45.1 Å². The van der Waals surface area contributed by atoms with Gasteiger partial charge >= 0.3 is 5.69 Å². The standard InChI is InChI=1S/C19H21N5O5/c1-11-8-22(12-5-4-6-13(7-12)29-3)18-20-16-15(23(18)9-11)17(27)24(10-14(25)26)19(28)21(16)2/h4-7,11H,8-10H2,1-3H3,(H,25,26)/p-1/t11-/m0/s1. The molecule has 0 aliphatic carbocycles. The number of carbonyl (C=O) groups excluding carboxylic acids is 1. The largest absolute Gasteiger partial charge is 0.548 e. The monoisotopic (exact) mass is 398 g/mol. The van der Waals surface area contributed by atoms with E-state index >= 15 is 0 Å². The summed E-state index contributed by atoms with van der Waals surface area (Å²) in [6.07, 6.45) is 0. The van der Waals surface area contributed by atoms with Crippen LogP contribution in [0.4, 0.5) is 11.6 Å². The summed E-state index contributed by atoms with van der Waals surface area (Å²) in [5.41, 5.74) is -0.184. The van der Waals surface area contributed by atoms with E-state index in [1.54, 1.807) is 11.7 Å². The van der Waals surface area contributed by atoms with Crippen molar-refractivity contribution < 1.29 is 14.6 Å². The van der Waals surface area contributed by atoms with Crippen LogP contribution in [0.5, 0.6) is 5.75 Å². The number of rotatable bonds is 4. The molecule has 0 spiro atoms. The first-order chi connectivity index (χ1) is 13.8. The molecule has 29 heavy (non-hydrogen) atoms. The molecule has 0 saturated heterocycles. The summed E-state index contributed by atoms with van der Waals surface area (Å²) >= 11 is 0. The van der Waals surface area contributed by atoms with Gasteiger partial charge in [0, 0.05) is 31.9 Å². The predicted octanol–water partition coefficient (Wildman–Crippen LogP) is -0.557. The van der Waals surface area contributed by atoms with E-state index in [0.717, 1.165) is 5.69 Å². The average Bonchev–Trinajstić information content (AvgIpc) is 3.08. The van der Waals surface area contributed by atoms with Gasteiger partial charge in [-0.1, -0.05) is 13.0 Å². The van der Waals surface area contributed by atoms with Gasteiger partial charge in [-0.2, -0.15) is 4.98 Å². The number of hydrogen-bond acceptors (Lipinski definition) is 7. The van der Waals surface area contributed by atoms with Crippen LogP contribution >= 0.6 is 0 Å². The van der Waals surface area contributed by atoms with E-state index in [2.05, 4.69) is 4.98 Å².